The number of rotatable bonds is 2. The maximum atomic E-state index is 13.3. The van der Waals surface area contributed by atoms with Crippen molar-refractivity contribution in [2.75, 3.05) is 4.90 Å². The largest absolute Gasteiger partial charge is 0.508 e. The fourth-order valence-corrected chi connectivity index (χ4v) is 4.34. The van der Waals surface area contributed by atoms with Crippen molar-refractivity contribution < 1.29 is 15.0 Å². The molecule has 156 valence electrons. The molecule has 0 unspecified atom stereocenters. The lowest BCUT2D eigenvalue weighted by Crippen LogP contribution is -2.42. The van der Waals surface area contributed by atoms with Gasteiger partial charge in [0.05, 0.1) is 11.3 Å². The molecule has 0 spiro atoms. The first-order valence-electron chi connectivity index (χ1n) is 9.92. The van der Waals surface area contributed by atoms with E-state index in [0.29, 0.717) is 5.65 Å². The lowest BCUT2D eigenvalue weighted by atomic mass is 9.93. The van der Waals surface area contributed by atoms with Gasteiger partial charge in [-0.25, -0.2) is 4.98 Å². The van der Waals surface area contributed by atoms with Crippen molar-refractivity contribution in [1.82, 2.24) is 15.0 Å². The number of nitrogens with one attached hydrogen (secondary N) is 1. The molecule has 0 aliphatic carbocycles. The Balaban J connectivity index is 1.59. The number of phenolic OH excluding ortho intramolecular Hbond substituents is 2. The number of amides is 1. The van der Waals surface area contributed by atoms with E-state index >= 15 is 0 Å². The average Bonchev–Trinajstić information content (AvgIpc) is 3.20. The van der Waals surface area contributed by atoms with Crippen LogP contribution in [0.25, 0.3) is 22.3 Å². The summed E-state index contributed by atoms with van der Waals surface area (Å²) in [4.78, 5) is 26.7. The number of hydrogen-bond donors (Lipinski definition) is 3. The SMILES string of the molecule is C[C@H]1CCc2cc(-c3nc(Cl)nc4[nH]ccc34)ccc2N1C(=O)c1ccc(O)cc1O. The number of halogens is 1. The zero-order valence-corrected chi connectivity index (χ0v) is 17.4. The van der Waals surface area contributed by atoms with Gasteiger partial charge in [-0.2, -0.15) is 4.98 Å². The van der Waals surface area contributed by atoms with Crippen LogP contribution < -0.4 is 4.90 Å². The fourth-order valence-electron chi connectivity index (χ4n) is 4.17. The minimum Gasteiger partial charge on any atom is -0.508 e. The first kappa shape index (κ1) is 19.4. The number of carbonyl (C=O) groups is 1. The monoisotopic (exact) mass is 434 g/mol. The molecule has 1 amide bonds. The zero-order chi connectivity index (χ0) is 21.7. The van der Waals surface area contributed by atoms with Gasteiger partial charge in [0.2, 0.25) is 5.28 Å². The summed E-state index contributed by atoms with van der Waals surface area (Å²) in [5, 5.41) is 20.8. The third-order valence-electron chi connectivity index (χ3n) is 5.70. The molecule has 7 nitrogen and oxygen atoms in total. The van der Waals surface area contributed by atoms with Crippen molar-refractivity contribution in [3.05, 3.63) is 65.1 Å². The van der Waals surface area contributed by atoms with Crippen molar-refractivity contribution >= 4 is 34.2 Å². The Kier molecular flexibility index (Phi) is 4.55. The molecule has 8 heteroatoms. The van der Waals surface area contributed by atoms with Gasteiger partial charge < -0.3 is 20.1 Å². The van der Waals surface area contributed by atoms with Crippen LogP contribution in [-0.4, -0.2) is 37.1 Å². The molecular weight excluding hydrogens is 416 g/mol. The summed E-state index contributed by atoms with van der Waals surface area (Å²) in [7, 11) is 0. The van der Waals surface area contributed by atoms with Gasteiger partial charge in [0.15, 0.2) is 0 Å². The number of phenols is 2. The number of fused-ring (bicyclic) bond motifs is 2. The molecule has 0 bridgehead atoms. The number of nitrogens with zero attached hydrogens (tertiary/aromatic N) is 3. The third-order valence-corrected chi connectivity index (χ3v) is 5.87. The van der Waals surface area contributed by atoms with Gasteiger partial charge in [-0.15, -0.1) is 0 Å². The van der Waals surface area contributed by atoms with E-state index in [9.17, 15) is 15.0 Å². The number of carbonyl (C=O) groups excluding carboxylic acids is 1. The van der Waals surface area contributed by atoms with E-state index in [4.69, 9.17) is 11.6 Å². The van der Waals surface area contributed by atoms with Gasteiger partial charge in [0.25, 0.3) is 5.91 Å². The van der Waals surface area contributed by atoms with Crippen molar-refractivity contribution in [3.63, 3.8) is 0 Å². The van der Waals surface area contributed by atoms with Gasteiger partial charge in [-0.05, 0) is 67.3 Å². The molecule has 4 aromatic rings. The molecule has 2 aromatic heterocycles. The van der Waals surface area contributed by atoms with E-state index in [1.165, 1.54) is 18.2 Å². The molecule has 0 saturated carbocycles. The van der Waals surface area contributed by atoms with Crippen LogP contribution in [0, 0.1) is 0 Å². The molecule has 1 atom stereocenters. The molecule has 5 rings (SSSR count). The van der Waals surface area contributed by atoms with Gasteiger partial charge in [0.1, 0.15) is 17.1 Å². The number of H-pyrrole nitrogens is 1. The van der Waals surface area contributed by atoms with E-state index in [1.807, 2.05) is 31.2 Å². The van der Waals surface area contributed by atoms with Crippen molar-refractivity contribution in [2.24, 2.45) is 0 Å². The quantitative estimate of drug-likeness (QED) is 0.398. The van der Waals surface area contributed by atoms with Gasteiger partial charge in [-0.3, -0.25) is 4.79 Å². The molecule has 2 aromatic carbocycles. The van der Waals surface area contributed by atoms with Crippen LogP contribution in [0.4, 0.5) is 5.69 Å². The van der Waals surface area contributed by atoms with E-state index < -0.39 is 0 Å². The Morgan fingerprint density at radius 2 is 2.00 bits per heavy atom. The minimum atomic E-state index is -0.309. The second-order valence-corrected chi connectivity index (χ2v) is 8.03. The van der Waals surface area contributed by atoms with Gasteiger partial charge >= 0.3 is 0 Å². The predicted octanol–water partition coefficient (Wildman–Crippen LogP) is 4.67. The van der Waals surface area contributed by atoms with Crippen LogP contribution in [0.3, 0.4) is 0 Å². The topological polar surface area (TPSA) is 102 Å². The number of aromatic hydroxyl groups is 2. The van der Waals surface area contributed by atoms with Crippen LogP contribution in [0.1, 0.15) is 29.3 Å². The van der Waals surface area contributed by atoms with Crippen molar-refractivity contribution in [2.45, 2.75) is 25.8 Å². The van der Waals surface area contributed by atoms with E-state index in [-0.39, 0.29) is 34.3 Å². The van der Waals surface area contributed by atoms with Crippen LogP contribution >= 0.6 is 11.6 Å². The number of benzene rings is 2. The molecule has 31 heavy (non-hydrogen) atoms. The zero-order valence-electron chi connectivity index (χ0n) is 16.6. The highest BCUT2D eigenvalue weighted by Gasteiger charge is 2.30. The Morgan fingerprint density at radius 1 is 1.16 bits per heavy atom. The van der Waals surface area contributed by atoms with Crippen molar-refractivity contribution in [3.8, 4) is 22.8 Å². The minimum absolute atomic E-state index is 0.0380. The summed E-state index contributed by atoms with van der Waals surface area (Å²) < 4.78 is 0. The smallest absolute Gasteiger partial charge is 0.262 e. The third kappa shape index (κ3) is 3.27. The molecule has 0 saturated heterocycles. The molecule has 1 aliphatic rings. The second-order valence-electron chi connectivity index (χ2n) is 7.69. The van der Waals surface area contributed by atoms with E-state index in [2.05, 4.69) is 15.0 Å². The van der Waals surface area contributed by atoms with Crippen molar-refractivity contribution in [1.29, 1.82) is 0 Å². The maximum absolute atomic E-state index is 13.3. The highest BCUT2D eigenvalue weighted by Crippen LogP contribution is 2.37. The maximum Gasteiger partial charge on any atom is 0.262 e. The van der Waals surface area contributed by atoms with Gasteiger partial charge in [0, 0.05) is 34.9 Å². The molecule has 0 radical (unpaired) electrons. The first-order valence-corrected chi connectivity index (χ1v) is 10.3. The molecule has 3 heterocycles. The van der Waals surface area contributed by atoms with Crippen LogP contribution in [0.2, 0.25) is 5.28 Å². The molecule has 3 N–H and O–H groups in total. The average molecular weight is 435 g/mol. The normalized spacial score (nSPS) is 15.8. The van der Waals surface area contributed by atoms with Gasteiger partial charge in [-0.1, -0.05) is 6.07 Å². The Bertz CT molecular complexity index is 1330. The summed E-state index contributed by atoms with van der Waals surface area (Å²) >= 11 is 6.12. The summed E-state index contributed by atoms with van der Waals surface area (Å²) in [6, 6.07) is 11.7. The highest BCUT2D eigenvalue weighted by molar-refractivity contribution is 6.28. The van der Waals surface area contributed by atoms with Crippen LogP contribution in [-0.2, 0) is 6.42 Å². The van der Waals surface area contributed by atoms with Crippen LogP contribution in [0.15, 0.2) is 48.7 Å². The number of anilines is 1. The first-order chi connectivity index (χ1) is 14.9. The Hall–Kier alpha value is -3.58. The second kappa shape index (κ2) is 7.28. The summed E-state index contributed by atoms with van der Waals surface area (Å²) in [5.74, 6) is -0.645. The number of aromatic nitrogens is 3. The summed E-state index contributed by atoms with van der Waals surface area (Å²) in [6.45, 7) is 1.99. The number of aromatic amines is 1. The Labute approximate surface area is 183 Å². The van der Waals surface area contributed by atoms with E-state index in [0.717, 1.165) is 40.7 Å². The fraction of sp³-hybridized carbons (Fsp3) is 0.174. The standard InChI is InChI=1S/C23H19ClN4O3/c1-12-2-3-13-10-14(20-17-8-9-25-21(17)27-23(24)26-20)4-7-18(13)28(12)22(31)16-6-5-15(29)11-19(16)30/h4-12,29-30H,2-3H2,1H3,(H,25,26,27)/t12-/m0/s1. The van der Waals surface area contributed by atoms with Crippen LogP contribution in [0.5, 0.6) is 11.5 Å². The highest BCUT2D eigenvalue weighted by atomic mass is 35.5. The number of hydrogen-bond acceptors (Lipinski definition) is 5. The molecular formula is C23H19ClN4O3. The lowest BCUT2D eigenvalue weighted by Gasteiger charge is -2.35. The lowest BCUT2D eigenvalue weighted by molar-refractivity contribution is 0.0972. The molecule has 0 fully saturated rings. The number of aryl methyl sites for hydroxylation is 1. The predicted molar refractivity (Wildman–Crippen MR) is 119 cm³/mol. The summed E-state index contributed by atoms with van der Waals surface area (Å²) in [5.41, 5.74) is 4.25. The Morgan fingerprint density at radius 3 is 2.81 bits per heavy atom. The van der Waals surface area contributed by atoms with E-state index in [1.54, 1.807) is 11.1 Å². The summed E-state index contributed by atoms with van der Waals surface area (Å²) in [6.07, 6.45) is 3.39. The molecule has 1 aliphatic heterocycles.